The molecule has 0 bridgehead atoms. The number of nitrogens with two attached hydrogens (primary N) is 2. The third-order valence-corrected chi connectivity index (χ3v) is 7.04. The summed E-state index contributed by atoms with van der Waals surface area (Å²) in [6.07, 6.45) is 3.76. The fourth-order valence-electron chi connectivity index (χ4n) is 5.10. The highest BCUT2D eigenvalue weighted by Crippen LogP contribution is 2.29. The summed E-state index contributed by atoms with van der Waals surface area (Å²) in [7, 11) is 0. The van der Waals surface area contributed by atoms with Crippen molar-refractivity contribution in [3.8, 4) is 0 Å². The van der Waals surface area contributed by atoms with Crippen LogP contribution in [0.2, 0.25) is 0 Å². The number of carbonyl (C=O) groups excluding carboxylic acids is 3. The third kappa shape index (κ3) is 4.74. The number of aliphatic imine (C=N–C) groups is 1. The number of fused-ring (bicyclic) bond motifs is 2. The Morgan fingerprint density at radius 3 is 2.42 bits per heavy atom. The van der Waals surface area contributed by atoms with Gasteiger partial charge in [0.25, 0.3) is 11.8 Å². The van der Waals surface area contributed by atoms with Crippen molar-refractivity contribution in [2.24, 2.45) is 16.5 Å². The van der Waals surface area contributed by atoms with Crippen LogP contribution in [0.15, 0.2) is 47.5 Å². The molecule has 2 heterocycles. The monoisotopic (exact) mass is 514 g/mol. The molecule has 1 aliphatic carbocycles. The van der Waals surface area contributed by atoms with E-state index in [4.69, 9.17) is 11.5 Å². The first-order valence-corrected chi connectivity index (χ1v) is 12.6. The molecule has 0 radical (unpaired) electrons. The van der Waals surface area contributed by atoms with Gasteiger partial charge in [-0.05, 0) is 51.0 Å². The van der Waals surface area contributed by atoms with E-state index in [0.29, 0.717) is 11.3 Å². The molecule has 5 rings (SSSR count). The van der Waals surface area contributed by atoms with Crippen LogP contribution in [0.1, 0.15) is 58.9 Å². The van der Waals surface area contributed by atoms with Crippen LogP contribution in [0.4, 0.5) is 11.8 Å². The van der Waals surface area contributed by atoms with Crippen molar-refractivity contribution in [1.29, 1.82) is 0 Å². The van der Waals surface area contributed by atoms with E-state index in [1.54, 1.807) is 24.3 Å². The highest BCUT2D eigenvalue weighted by molar-refractivity contribution is 6.23. The van der Waals surface area contributed by atoms with E-state index < -0.39 is 23.8 Å². The van der Waals surface area contributed by atoms with Gasteiger partial charge >= 0.3 is 0 Å². The molecule has 3 amide bonds. The number of rotatable bonds is 6. The van der Waals surface area contributed by atoms with Gasteiger partial charge in [0.15, 0.2) is 5.96 Å². The molecule has 2 aliphatic rings. The molecule has 11 nitrogen and oxygen atoms in total. The number of hydrogen-bond donors (Lipinski definition) is 4. The van der Waals surface area contributed by atoms with Crippen molar-refractivity contribution in [2.45, 2.75) is 57.7 Å². The zero-order chi connectivity index (χ0) is 27.0. The number of nitrogens with zero attached hydrogens (tertiary/aromatic N) is 4. The summed E-state index contributed by atoms with van der Waals surface area (Å²) in [4.78, 5) is 53.4. The van der Waals surface area contributed by atoms with Crippen LogP contribution in [0.5, 0.6) is 0 Å². The fourth-order valence-corrected chi connectivity index (χ4v) is 5.10. The molecule has 1 aliphatic heterocycles. The predicted octanol–water partition coefficient (Wildman–Crippen LogP) is 2.56. The quantitative estimate of drug-likeness (QED) is 0.221. The summed E-state index contributed by atoms with van der Waals surface area (Å²) in [5.41, 5.74) is 13.6. The lowest BCUT2D eigenvalue weighted by atomic mass is 9.90. The summed E-state index contributed by atoms with van der Waals surface area (Å²) >= 11 is 0. The van der Waals surface area contributed by atoms with Gasteiger partial charge in [0.2, 0.25) is 11.9 Å². The van der Waals surface area contributed by atoms with E-state index in [9.17, 15) is 14.4 Å². The minimum Gasteiger partial charge on any atom is -0.370 e. The highest BCUT2D eigenvalue weighted by atomic mass is 16.2. The standard InChI is InChI=1S/C27H30N8O3/c1-14-11-12-19-18(13-14)22(30-20-9-5-6-10-21(20)31-26(28)29)33-27(32-19)34-23(36)15(2)35-24(37)16-7-3-4-8-17(16)25(35)38/h3-4,7-8,11-13,15,20-21H,5-6,9-10H2,1-2H3,(H4,28,29,31)(H2,30,32,33,34,36). The van der Waals surface area contributed by atoms with E-state index in [-0.39, 0.29) is 35.1 Å². The van der Waals surface area contributed by atoms with E-state index in [1.807, 2.05) is 25.1 Å². The van der Waals surface area contributed by atoms with Gasteiger partial charge in [-0.1, -0.05) is 36.6 Å². The first kappa shape index (κ1) is 25.1. The Hall–Kier alpha value is -4.54. The van der Waals surface area contributed by atoms with Crippen LogP contribution in [0.3, 0.4) is 0 Å². The molecule has 3 atom stereocenters. The number of hydrogen-bond acceptors (Lipinski definition) is 7. The summed E-state index contributed by atoms with van der Waals surface area (Å²) in [6, 6.07) is 11.1. The van der Waals surface area contributed by atoms with Crippen molar-refractivity contribution in [3.05, 3.63) is 59.2 Å². The Kier molecular flexibility index (Phi) is 6.66. The number of nitrogens with one attached hydrogen (secondary N) is 2. The maximum absolute atomic E-state index is 13.2. The van der Waals surface area contributed by atoms with E-state index >= 15 is 0 Å². The molecule has 1 saturated carbocycles. The molecule has 6 N–H and O–H groups in total. The Morgan fingerprint density at radius 1 is 1.05 bits per heavy atom. The van der Waals surface area contributed by atoms with E-state index in [1.165, 1.54) is 6.92 Å². The minimum atomic E-state index is -1.07. The molecule has 11 heteroatoms. The van der Waals surface area contributed by atoms with Crippen LogP contribution in [-0.4, -0.2) is 56.7 Å². The first-order valence-electron chi connectivity index (χ1n) is 12.6. The number of guanidine groups is 1. The second-order valence-electron chi connectivity index (χ2n) is 9.76. The van der Waals surface area contributed by atoms with E-state index in [0.717, 1.165) is 41.5 Å². The van der Waals surface area contributed by atoms with Crippen molar-refractivity contribution in [2.75, 3.05) is 10.6 Å². The highest BCUT2D eigenvalue weighted by Gasteiger charge is 2.40. The third-order valence-electron chi connectivity index (χ3n) is 7.04. The second-order valence-corrected chi connectivity index (χ2v) is 9.76. The van der Waals surface area contributed by atoms with Gasteiger partial charge in [0.05, 0.1) is 28.7 Å². The SMILES string of the molecule is Cc1ccc2nc(NC(=O)C(C)N3C(=O)c4ccccc4C3=O)nc(NC3CCCCC3N=C(N)N)c2c1. The van der Waals surface area contributed by atoms with Gasteiger partial charge in [-0.2, -0.15) is 4.98 Å². The number of benzene rings is 2. The summed E-state index contributed by atoms with van der Waals surface area (Å²) in [6.45, 7) is 3.48. The zero-order valence-electron chi connectivity index (χ0n) is 21.3. The van der Waals surface area contributed by atoms with E-state index in [2.05, 4.69) is 25.6 Å². The largest absolute Gasteiger partial charge is 0.370 e. The Morgan fingerprint density at radius 2 is 1.74 bits per heavy atom. The number of anilines is 2. The maximum atomic E-state index is 13.2. The number of amides is 3. The van der Waals surface area contributed by atoms with Gasteiger partial charge < -0.3 is 16.8 Å². The van der Waals surface area contributed by atoms with Crippen LogP contribution in [0.25, 0.3) is 10.9 Å². The van der Waals surface area contributed by atoms with Crippen molar-refractivity contribution < 1.29 is 14.4 Å². The van der Waals surface area contributed by atoms with Gasteiger partial charge in [0.1, 0.15) is 11.9 Å². The van der Waals surface area contributed by atoms with Crippen molar-refractivity contribution in [1.82, 2.24) is 14.9 Å². The zero-order valence-corrected chi connectivity index (χ0v) is 21.3. The Balaban J connectivity index is 1.43. The normalized spacial score (nSPS) is 19.7. The number of aryl methyl sites for hydroxylation is 1. The molecule has 2 aromatic carbocycles. The molecular weight excluding hydrogens is 484 g/mol. The molecule has 0 spiro atoms. The predicted molar refractivity (Wildman–Crippen MR) is 145 cm³/mol. The fraction of sp³-hybridized carbons (Fsp3) is 0.333. The Labute approximate surface area is 219 Å². The van der Waals surface area contributed by atoms with Crippen LogP contribution < -0.4 is 22.1 Å². The topological polar surface area (TPSA) is 169 Å². The van der Waals surface area contributed by atoms with Crippen LogP contribution >= 0.6 is 0 Å². The molecule has 1 aromatic heterocycles. The molecule has 0 saturated heterocycles. The molecule has 38 heavy (non-hydrogen) atoms. The lowest BCUT2D eigenvalue weighted by Crippen LogP contribution is -2.45. The van der Waals surface area contributed by atoms with Gasteiger partial charge in [-0.3, -0.25) is 24.6 Å². The lowest BCUT2D eigenvalue weighted by Gasteiger charge is -2.30. The Bertz CT molecular complexity index is 1430. The maximum Gasteiger partial charge on any atom is 0.262 e. The number of imide groups is 1. The summed E-state index contributed by atoms with van der Waals surface area (Å²) in [5.74, 6) is -0.936. The lowest BCUT2D eigenvalue weighted by molar-refractivity contribution is -0.119. The first-order chi connectivity index (χ1) is 18.2. The van der Waals surface area contributed by atoms with Crippen LogP contribution in [-0.2, 0) is 4.79 Å². The number of carbonyl (C=O) groups is 3. The number of aromatic nitrogens is 2. The summed E-state index contributed by atoms with van der Waals surface area (Å²) < 4.78 is 0. The smallest absolute Gasteiger partial charge is 0.262 e. The molecule has 1 fully saturated rings. The average Bonchev–Trinajstić information content (AvgIpc) is 3.14. The molecule has 3 unspecified atom stereocenters. The molecular formula is C27H30N8O3. The summed E-state index contributed by atoms with van der Waals surface area (Å²) in [5, 5.41) is 6.99. The van der Waals surface area contributed by atoms with Crippen LogP contribution in [0, 0.1) is 6.92 Å². The average molecular weight is 515 g/mol. The molecule has 3 aromatic rings. The van der Waals surface area contributed by atoms with Gasteiger partial charge in [0, 0.05) is 5.39 Å². The van der Waals surface area contributed by atoms with Crippen molar-refractivity contribution >= 4 is 46.4 Å². The van der Waals surface area contributed by atoms with Gasteiger partial charge in [-0.25, -0.2) is 9.98 Å². The second kappa shape index (κ2) is 10.1. The van der Waals surface area contributed by atoms with Crippen molar-refractivity contribution in [3.63, 3.8) is 0 Å². The van der Waals surface area contributed by atoms with Gasteiger partial charge in [-0.15, -0.1) is 0 Å². The molecule has 196 valence electrons. The minimum absolute atomic E-state index is 0.0437.